The molecule has 2 aromatic rings. The van der Waals surface area contributed by atoms with Gasteiger partial charge in [0, 0.05) is 10.8 Å². The van der Waals surface area contributed by atoms with Crippen LogP contribution < -0.4 is 0 Å². The van der Waals surface area contributed by atoms with Gasteiger partial charge in [-0.25, -0.2) is 0 Å². The Bertz CT molecular complexity index is 453. The molecule has 0 N–H and O–H groups in total. The molecule has 0 spiro atoms. The number of hydrogen-bond acceptors (Lipinski definition) is 1. The number of thiophene rings is 1. The molecule has 0 aliphatic carbocycles. The maximum atomic E-state index is 12.0. The van der Waals surface area contributed by atoms with Crippen molar-refractivity contribution in [3.05, 3.63) is 41.3 Å². The number of benzene rings is 1. The fraction of sp³-hybridized carbons (Fsp3) is 0. The van der Waals surface area contributed by atoms with Crippen molar-refractivity contribution in [1.29, 1.82) is 0 Å². The highest BCUT2D eigenvalue weighted by Crippen LogP contribution is 2.27. The summed E-state index contributed by atoms with van der Waals surface area (Å²) in [5.41, 5.74) is 0.598. The van der Waals surface area contributed by atoms with Gasteiger partial charge in [-0.3, -0.25) is 0 Å². The minimum absolute atomic E-state index is 0.598. The lowest BCUT2D eigenvalue weighted by atomic mass is 10.2. The molecule has 66 valence electrons. The van der Waals surface area contributed by atoms with Gasteiger partial charge in [-0.1, -0.05) is 18.2 Å². The second-order valence-corrected chi connectivity index (χ2v) is 3.53. The second kappa shape index (κ2) is 3.26. The van der Waals surface area contributed by atoms with Gasteiger partial charge in [0.2, 0.25) is 0 Å². The van der Waals surface area contributed by atoms with Crippen molar-refractivity contribution in [3.8, 4) is 0 Å². The fourth-order valence-electron chi connectivity index (χ4n) is 1.23. The van der Waals surface area contributed by atoms with Crippen LogP contribution in [0.3, 0.4) is 0 Å². The molecule has 0 amide bonds. The molecule has 0 aliphatic rings. The van der Waals surface area contributed by atoms with E-state index in [1.807, 2.05) is 24.3 Å². The second-order valence-electron chi connectivity index (χ2n) is 2.62. The van der Waals surface area contributed by atoms with Gasteiger partial charge in [-0.05, 0) is 22.4 Å². The summed E-state index contributed by atoms with van der Waals surface area (Å²) < 4.78 is 25.0. The van der Waals surface area contributed by atoms with Crippen molar-refractivity contribution in [1.82, 2.24) is 0 Å². The highest BCUT2D eigenvalue weighted by atomic mass is 32.1. The van der Waals surface area contributed by atoms with Gasteiger partial charge in [0.1, 0.15) is 0 Å². The van der Waals surface area contributed by atoms with E-state index in [2.05, 4.69) is 0 Å². The number of hydrogen-bond donors (Lipinski definition) is 0. The molecule has 0 bridgehead atoms. The summed E-state index contributed by atoms with van der Waals surface area (Å²) in [6.07, 6.45) is -0.748. The summed E-state index contributed by atoms with van der Waals surface area (Å²) in [5, 5.41) is 2.63. The Hall–Kier alpha value is -1.22. The van der Waals surface area contributed by atoms with Crippen LogP contribution in [0.1, 0.15) is 5.56 Å². The van der Waals surface area contributed by atoms with Crippen LogP contribution in [0.25, 0.3) is 16.2 Å². The van der Waals surface area contributed by atoms with Crippen molar-refractivity contribution in [2.45, 2.75) is 0 Å². The summed E-state index contributed by atoms with van der Waals surface area (Å²) in [5.74, 6) is 0. The lowest BCUT2D eigenvalue weighted by Gasteiger charge is -1.89. The minimum atomic E-state index is -1.65. The molecule has 0 radical (unpaired) electrons. The van der Waals surface area contributed by atoms with E-state index in [4.69, 9.17) is 0 Å². The average Bonchev–Trinajstić information content (AvgIpc) is 2.48. The quantitative estimate of drug-likeness (QED) is 0.641. The van der Waals surface area contributed by atoms with Gasteiger partial charge in [0.05, 0.1) is 0 Å². The van der Waals surface area contributed by atoms with Crippen LogP contribution in [0.5, 0.6) is 0 Å². The van der Waals surface area contributed by atoms with E-state index in [0.29, 0.717) is 5.56 Å². The summed E-state index contributed by atoms with van der Waals surface area (Å²) in [6.45, 7) is 0. The molecule has 1 aromatic heterocycles. The van der Waals surface area contributed by atoms with Crippen molar-refractivity contribution >= 4 is 27.5 Å². The minimum Gasteiger partial charge on any atom is -0.173 e. The van der Waals surface area contributed by atoms with E-state index in [0.717, 1.165) is 16.2 Å². The first-order chi connectivity index (χ1) is 6.27. The van der Waals surface area contributed by atoms with E-state index < -0.39 is 6.08 Å². The lowest BCUT2D eigenvalue weighted by molar-refractivity contribution is 0.429. The van der Waals surface area contributed by atoms with Crippen LogP contribution in [-0.4, -0.2) is 0 Å². The Morgan fingerprint density at radius 2 is 2.00 bits per heavy atom. The Morgan fingerprint density at radius 3 is 2.77 bits per heavy atom. The number of halogens is 2. The third-order valence-electron chi connectivity index (χ3n) is 1.78. The first-order valence-corrected chi connectivity index (χ1v) is 4.64. The maximum absolute atomic E-state index is 12.0. The van der Waals surface area contributed by atoms with Crippen molar-refractivity contribution in [2.75, 3.05) is 0 Å². The van der Waals surface area contributed by atoms with Crippen LogP contribution >= 0.6 is 11.3 Å². The molecule has 0 aliphatic heterocycles. The van der Waals surface area contributed by atoms with E-state index in [-0.39, 0.29) is 0 Å². The van der Waals surface area contributed by atoms with Crippen molar-refractivity contribution in [2.24, 2.45) is 0 Å². The van der Waals surface area contributed by atoms with E-state index in [9.17, 15) is 8.78 Å². The molecular formula is C10H6F2S. The largest absolute Gasteiger partial charge is 0.270 e. The standard InChI is InChI=1S/C10H6F2S/c11-10(12)5-7-6-13-9-4-2-1-3-8(7)9/h1-6H/i11-1/b10-5-. The predicted octanol–water partition coefficient (Wildman–Crippen LogP) is 4.14. The molecule has 3 heteroatoms. The molecule has 2 rings (SSSR count). The van der Waals surface area contributed by atoms with Crippen LogP contribution in [0.15, 0.2) is 35.7 Å². The predicted molar refractivity (Wildman–Crippen MR) is 52.0 cm³/mol. The molecule has 0 saturated carbocycles. The molecular weight excluding hydrogens is 189 g/mol. The zero-order chi connectivity index (χ0) is 9.26. The number of fused-ring (bicyclic) bond motifs is 1. The average molecular weight is 195 g/mol. The van der Waals surface area contributed by atoms with E-state index >= 15 is 0 Å². The van der Waals surface area contributed by atoms with Gasteiger partial charge in [0.15, 0.2) is 0 Å². The van der Waals surface area contributed by atoms with Crippen molar-refractivity contribution < 1.29 is 8.78 Å². The van der Waals surface area contributed by atoms with Gasteiger partial charge < -0.3 is 0 Å². The van der Waals surface area contributed by atoms with Crippen LogP contribution in [0, 0.1) is 0 Å². The molecule has 0 atom stereocenters. The molecule has 1 aromatic carbocycles. The Balaban J connectivity index is 2.65. The maximum Gasteiger partial charge on any atom is 0.270 e. The highest BCUT2D eigenvalue weighted by molar-refractivity contribution is 7.17. The summed E-state index contributed by atoms with van der Waals surface area (Å²) >= 11 is 1.48. The first kappa shape index (κ1) is 8.38. The zero-order valence-corrected chi connectivity index (χ0v) is 7.44. The van der Waals surface area contributed by atoms with Gasteiger partial charge in [-0.2, -0.15) is 8.78 Å². The normalized spacial score (nSPS) is 12.3. The molecule has 0 unspecified atom stereocenters. The lowest BCUT2D eigenvalue weighted by Crippen LogP contribution is -1.67. The topological polar surface area (TPSA) is 0 Å². The van der Waals surface area contributed by atoms with Crippen molar-refractivity contribution in [3.63, 3.8) is 0 Å². The van der Waals surface area contributed by atoms with E-state index in [1.165, 1.54) is 11.3 Å². The van der Waals surface area contributed by atoms with Crippen LogP contribution in [0.2, 0.25) is 0 Å². The third kappa shape index (κ3) is 1.60. The van der Waals surface area contributed by atoms with Crippen LogP contribution in [0.4, 0.5) is 8.78 Å². The Labute approximate surface area is 78.1 Å². The zero-order valence-electron chi connectivity index (χ0n) is 6.63. The number of rotatable bonds is 1. The fourth-order valence-corrected chi connectivity index (χ4v) is 2.15. The van der Waals surface area contributed by atoms with Gasteiger partial charge in [-0.15, -0.1) is 11.3 Å². The van der Waals surface area contributed by atoms with Crippen LogP contribution in [-0.2, 0) is 0 Å². The van der Waals surface area contributed by atoms with Gasteiger partial charge in [0.25, 0.3) is 6.08 Å². The highest BCUT2D eigenvalue weighted by Gasteiger charge is 2.01. The molecule has 0 fully saturated rings. The molecule has 13 heavy (non-hydrogen) atoms. The summed E-state index contributed by atoms with van der Waals surface area (Å²) in [6, 6.07) is 7.52. The van der Waals surface area contributed by atoms with E-state index in [1.54, 1.807) is 5.38 Å². The monoisotopic (exact) mass is 195 g/mol. The molecule has 0 saturated heterocycles. The Kier molecular flexibility index (Phi) is 2.10. The Morgan fingerprint density at radius 1 is 1.23 bits per heavy atom. The van der Waals surface area contributed by atoms with Gasteiger partial charge >= 0.3 is 0 Å². The SMILES string of the molecule is F/C([18F])=C\c1csc2ccccc12. The first-order valence-electron chi connectivity index (χ1n) is 3.76. The summed E-state index contributed by atoms with van der Waals surface area (Å²) in [4.78, 5) is 0. The smallest absolute Gasteiger partial charge is 0.173 e. The molecule has 1 heterocycles. The summed E-state index contributed by atoms with van der Waals surface area (Å²) in [7, 11) is 0. The molecule has 0 nitrogen and oxygen atoms in total. The third-order valence-corrected chi connectivity index (χ3v) is 2.76.